The number of aliphatic hydroxyl groups excluding tert-OH is 1. The molecule has 13 heavy (non-hydrogen) atoms. The van der Waals surface area contributed by atoms with Crippen LogP contribution in [0.5, 0.6) is 0 Å². The Hall–Kier alpha value is -0.610. The molecule has 0 aromatic rings. The van der Waals surface area contributed by atoms with Crippen molar-refractivity contribution in [3.63, 3.8) is 0 Å². The van der Waals surface area contributed by atoms with Gasteiger partial charge in [0.05, 0.1) is 6.61 Å². The van der Waals surface area contributed by atoms with Crippen LogP contribution in [-0.2, 0) is 4.79 Å². The zero-order valence-corrected chi connectivity index (χ0v) is 8.49. The summed E-state index contributed by atoms with van der Waals surface area (Å²) in [6.45, 7) is 5.20. The van der Waals surface area contributed by atoms with Crippen LogP contribution in [0.2, 0.25) is 0 Å². The molecule has 0 aliphatic rings. The van der Waals surface area contributed by atoms with Gasteiger partial charge in [0.15, 0.2) is 0 Å². The minimum Gasteiger partial charge on any atom is -0.394 e. The van der Waals surface area contributed by atoms with E-state index in [0.29, 0.717) is 0 Å². The van der Waals surface area contributed by atoms with Gasteiger partial charge in [-0.2, -0.15) is 0 Å². The van der Waals surface area contributed by atoms with Gasteiger partial charge >= 0.3 is 0 Å². The molecule has 1 atom stereocenters. The number of nitrogens with two attached hydrogens (primary N) is 1. The smallest absolute Gasteiger partial charge is 0.241 e. The van der Waals surface area contributed by atoms with E-state index in [9.17, 15) is 4.79 Å². The molecule has 1 amide bonds. The molecule has 0 saturated heterocycles. The lowest BCUT2D eigenvalue weighted by atomic mass is 10.2. The second-order valence-electron chi connectivity index (χ2n) is 3.11. The summed E-state index contributed by atoms with van der Waals surface area (Å²) in [5, 5.41) is 8.72. The van der Waals surface area contributed by atoms with Crippen molar-refractivity contribution >= 4 is 5.91 Å². The number of aliphatic hydroxyl groups is 1. The van der Waals surface area contributed by atoms with E-state index in [-0.39, 0.29) is 12.5 Å². The first-order chi connectivity index (χ1) is 6.17. The van der Waals surface area contributed by atoms with E-state index in [4.69, 9.17) is 10.8 Å². The standard InChI is InChI=1S/C9H20N2O2/c1-3-5-11(6-4-2)9(13)8(10)7-12/h8,12H,3-7,10H2,1-2H3. The average Bonchev–Trinajstić information content (AvgIpc) is 2.15. The summed E-state index contributed by atoms with van der Waals surface area (Å²) in [4.78, 5) is 13.2. The van der Waals surface area contributed by atoms with E-state index in [0.717, 1.165) is 25.9 Å². The van der Waals surface area contributed by atoms with Gasteiger partial charge in [0.1, 0.15) is 6.04 Å². The molecule has 4 heteroatoms. The van der Waals surface area contributed by atoms with Gasteiger partial charge in [0.2, 0.25) is 5.91 Å². The summed E-state index contributed by atoms with van der Waals surface area (Å²) >= 11 is 0. The molecule has 0 rings (SSSR count). The van der Waals surface area contributed by atoms with Crippen LogP contribution in [0.3, 0.4) is 0 Å². The average molecular weight is 188 g/mol. The van der Waals surface area contributed by atoms with Crippen molar-refractivity contribution in [1.29, 1.82) is 0 Å². The molecule has 78 valence electrons. The van der Waals surface area contributed by atoms with Crippen LogP contribution in [0, 0.1) is 0 Å². The van der Waals surface area contributed by atoms with Crippen LogP contribution in [-0.4, -0.2) is 41.7 Å². The molecular weight excluding hydrogens is 168 g/mol. The van der Waals surface area contributed by atoms with Crippen LogP contribution >= 0.6 is 0 Å². The lowest BCUT2D eigenvalue weighted by Gasteiger charge is -2.23. The first-order valence-corrected chi connectivity index (χ1v) is 4.82. The molecule has 0 aromatic heterocycles. The fourth-order valence-electron chi connectivity index (χ4n) is 1.18. The number of carbonyl (C=O) groups is 1. The SMILES string of the molecule is CCCN(CCC)C(=O)C(N)CO. The molecule has 0 aliphatic heterocycles. The van der Waals surface area contributed by atoms with Crippen molar-refractivity contribution in [1.82, 2.24) is 4.90 Å². The summed E-state index contributed by atoms with van der Waals surface area (Å²) < 4.78 is 0. The van der Waals surface area contributed by atoms with Gasteiger partial charge < -0.3 is 15.7 Å². The molecule has 0 spiro atoms. The summed E-state index contributed by atoms with van der Waals surface area (Å²) in [7, 11) is 0. The maximum Gasteiger partial charge on any atom is 0.241 e. The largest absolute Gasteiger partial charge is 0.394 e. The number of carbonyl (C=O) groups excluding carboxylic acids is 1. The van der Waals surface area contributed by atoms with Crippen LogP contribution in [0.25, 0.3) is 0 Å². The van der Waals surface area contributed by atoms with E-state index in [2.05, 4.69) is 0 Å². The third-order valence-corrected chi connectivity index (χ3v) is 1.81. The number of rotatable bonds is 6. The molecule has 0 radical (unpaired) electrons. The summed E-state index contributed by atoms with van der Waals surface area (Å²) in [5.41, 5.74) is 5.44. The van der Waals surface area contributed by atoms with Crippen LogP contribution in [0.15, 0.2) is 0 Å². The summed E-state index contributed by atoms with van der Waals surface area (Å²) in [6.07, 6.45) is 1.84. The highest BCUT2D eigenvalue weighted by molar-refractivity contribution is 5.81. The Labute approximate surface area is 79.7 Å². The van der Waals surface area contributed by atoms with Crippen molar-refractivity contribution in [3.8, 4) is 0 Å². The Morgan fingerprint density at radius 1 is 1.38 bits per heavy atom. The molecule has 0 fully saturated rings. The summed E-state index contributed by atoms with van der Waals surface area (Å²) in [6, 6.07) is -0.752. The molecule has 0 aliphatic carbocycles. The fourth-order valence-corrected chi connectivity index (χ4v) is 1.18. The molecule has 4 nitrogen and oxygen atoms in total. The van der Waals surface area contributed by atoms with Gasteiger partial charge in [0, 0.05) is 13.1 Å². The van der Waals surface area contributed by atoms with Crippen LogP contribution in [0.4, 0.5) is 0 Å². The predicted octanol–water partition coefficient (Wildman–Crippen LogP) is -0.0454. The number of hydrogen-bond acceptors (Lipinski definition) is 3. The minimum absolute atomic E-state index is 0.147. The van der Waals surface area contributed by atoms with Crippen LogP contribution < -0.4 is 5.73 Å². The van der Waals surface area contributed by atoms with Gasteiger partial charge in [-0.3, -0.25) is 4.79 Å². The van der Waals surface area contributed by atoms with Crippen molar-refractivity contribution in [2.75, 3.05) is 19.7 Å². The van der Waals surface area contributed by atoms with E-state index in [1.165, 1.54) is 0 Å². The Balaban J connectivity index is 4.09. The van der Waals surface area contributed by atoms with Crippen molar-refractivity contribution in [2.24, 2.45) is 5.73 Å². The van der Waals surface area contributed by atoms with Gasteiger partial charge in [0.25, 0.3) is 0 Å². The number of amides is 1. The lowest BCUT2D eigenvalue weighted by molar-refractivity contribution is -0.133. The Morgan fingerprint density at radius 2 is 1.85 bits per heavy atom. The van der Waals surface area contributed by atoms with E-state index < -0.39 is 6.04 Å². The topological polar surface area (TPSA) is 66.6 Å². The third kappa shape index (κ3) is 4.24. The molecular formula is C9H20N2O2. The Morgan fingerprint density at radius 3 is 2.15 bits per heavy atom. The van der Waals surface area contributed by atoms with E-state index in [1.54, 1.807) is 4.90 Å². The Kier molecular flexibility index (Phi) is 6.54. The highest BCUT2D eigenvalue weighted by Gasteiger charge is 2.18. The predicted molar refractivity (Wildman–Crippen MR) is 52.2 cm³/mol. The van der Waals surface area contributed by atoms with Crippen molar-refractivity contribution in [3.05, 3.63) is 0 Å². The number of nitrogens with zero attached hydrogens (tertiary/aromatic N) is 1. The maximum atomic E-state index is 11.5. The zero-order chi connectivity index (χ0) is 10.3. The fraction of sp³-hybridized carbons (Fsp3) is 0.889. The quantitative estimate of drug-likeness (QED) is 0.614. The minimum atomic E-state index is -0.752. The normalized spacial score (nSPS) is 12.6. The highest BCUT2D eigenvalue weighted by Crippen LogP contribution is 1.97. The highest BCUT2D eigenvalue weighted by atomic mass is 16.3. The number of hydrogen-bond donors (Lipinski definition) is 2. The molecule has 0 aromatic carbocycles. The lowest BCUT2D eigenvalue weighted by Crippen LogP contribution is -2.46. The summed E-state index contributed by atoms with van der Waals surface area (Å²) in [5.74, 6) is -0.147. The molecule has 0 saturated carbocycles. The molecule has 0 heterocycles. The first-order valence-electron chi connectivity index (χ1n) is 4.82. The third-order valence-electron chi connectivity index (χ3n) is 1.81. The Bertz CT molecular complexity index is 145. The molecule has 1 unspecified atom stereocenters. The van der Waals surface area contributed by atoms with Gasteiger partial charge in [-0.25, -0.2) is 0 Å². The van der Waals surface area contributed by atoms with Crippen molar-refractivity contribution in [2.45, 2.75) is 32.7 Å². The van der Waals surface area contributed by atoms with Crippen LogP contribution in [0.1, 0.15) is 26.7 Å². The zero-order valence-electron chi connectivity index (χ0n) is 8.49. The van der Waals surface area contributed by atoms with E-state index >= 15 is 0 Å². The van der Waals surface area contributed by atoms with Crippen molar-refractivity contribution < 1.29 is 9.90 Å². The van der Waals surface area contributed by atoms with E-state index in [1.807, 2.05) is 13.8 Å². The molecule has 3 N–H and O–H groups in total. The van der Waals surface area contributed by atoms with Gasteiger partial charge in [-0.05, 0) is 12.8 Å². The van der Waals surface area contributed by atoms with Gasteiger partial charge in [-0.15, -0.1) is 0 Å². The maximum absolute atomic E-state index is 11.5. The first kappa shape index (κ1) is 12.4. The second kappa shape index (κ2) is 6.86. The monoisotopic (exact) mass is 188 g/mol. The van der Waals surface area contributed by atoms with Gasteiger partial charge in [-0.1, -0.05) is 13.8 Å². The molecule has 0 bridgehead atoms. The second-order valence-corrected chi connectivity index (χ2v) is 3.11.